The second-order valence-electron chi connectivity index (χ2n) is 5.93. The zero-order valence-electron chi connectivity index (χ0n) is 15.8. The lowest BCUT2D eigenvalue weighted by molar-refractivity contribution is 0.0598. The molecule has 0 amide bonds. The van der Waals surface area contributed by atoms with Gasteiger partial charge in [0, 0.05) is 6.07 Å². The van der Waals surface area contributed by atoms with Crippen molar-refractivity contribution in [2.45, 2.75) is 4.90 Å². The number of sulfonamides is 1. The Morgan fingerprint density at radius 1 is 0.967 bits per heavy atom. The van der Waals surface area contributed by atoms with Crippen molar-refractivity contribution in [1.29, 1.82) is 0 Å². The van der Waals surface area contributed by atoms with Crippen LogP contribution in [0.4, 0.5) is 5.69 Å². The molecule has 0 spiro atoms. The summed E-state index contributed by atoms with van der Waals surface area (Å²) in [6.07, 6.45) is 1.20. The second kappa shape index (κ2) is 8.25. The van der Waals surface area contributed by atoms with Crippen LogP contribution in [0.3, 0.4) is 0 Å². The molecule has 1 aromatic heterocycles. The fourth-order valence-electron chi connectivity index (χ4n) is 2.59. The van der Waals surface area contributed by atoms with E-state index in [4.69, 9.17) is 4.52 Å². The van der Waals surface area contributed by atoms with Crippen LogP contribution in [0, 0.1) is 0 Å². The molecule has 1 N–H and O–H groups in total. The summed E-state index contributed by atoms with van der Waals surface area (Å²) in [7, 11) is -1.97. The standard InChI is InChI=1S/C19H16N2O8S/c1-27-18(23)12-8-13(19(24)28-2)10-16(9-12)30(25,26)20-14-4-3-5-15(11-14)21-17(22)6-7-29-21/h3-11,20H,1-2H3. The third kappa shape index (κ3) is 4.25. The number of methoxy groups -OCH3 is 2. The minimum absolute atomic E-state index is 0.124. The van der Waals surface area contributed by atoms with Crippen LogP contribution in [0.15, 0.2) is 69.0 Å². The summed E-state index contributed by atoms with van der Waals surface area (Å²) >= 11 is 0. The normalized spacial score (nSPS) is 11.0. The highest BCUT2D eigenvalue weighted by molar-refractivity contribution is 7.92. The first-order valence-electron chi connectivity index (χ1n) is 8.37. The van der Waals surface area contributed by atoms with E-state index in [1.165, 1.54) is 36.6 Å². The number of hydrogen-bond acceptors (Lipinski definition) is 8. The van der Waals surface area contributed by atoms with Crippen molar-refractivity contribution < 1.29 is 32.0 Å². The molecule has 0 radical (unpaired) electrons. The highest BCUT2D eigenvalue weighted by atomic mass is 32.2. The van der Waals surface area contributed by atoms with Gasteiger partial charge in [0.05, 0.1) is 41.6 Å². The van der Waals surface area contributed by atoms with Crippen LogP contribution < -0.4 is 10.3 Å². The maximum atomic E-state index is 12.9. The first-order chi connectivity index (χ1) is 14.2. The molecule has 0 saturated heterocycles. The van der Waals surface area contributed by atoms with Crippen LogP contribution in [0.25, 0.3) is 5.69 Å². The molecule has 10 nitrogen and oxygen atoms in total. The predicted octanol–water partition coefficient (Wildman–Crippen LogP) is 1.80. The van der Waals surface area contributed by atoms with Crippen LogP contribution in [0.1, 0.15) is 20.7 Å². The molecule has 156 valence electrons. The molecule has 0 saturated carbocycles. The number of anilines is 1. The second-order valence-corrected chi connectivity index (χ2v) is 7.61. The molecule has 0 fully saturated rings. The van der Waals surface area contributed by atoms with Crippen molar-refractivity contribution in [1.82, 2.24) is 4.74 Å². The van der Waals surface area contributed by atoms with Gasteiger partial charge in [0.1, 0.15) is 6.26 Å². The number of esters is 2. The lowest BCUT2D eigenvalue weighted by Crippen LogP contribution is -2.16. The predicted molar refractivity (Wildman–Crippen MR) is 104 cm³/mol. The smallest absolute Gasteiger partial charge is 0.337 e. The Kier molecular flexibility index (Phi) is 5.74. The van der Waals surface area contributed by atoms with E-state index in [9.17, 15) is 22.8 Å². The summed E-state index contributed by atoms with van der Waals surface area (Å²) in [5.74, 6) is -1.65. The van der Waals surface area contributed by atoms with Gasteiger partial charge in [0.2, 0.25) is 0 Å². The Bertz CT molecular complexity index is 1240. The van der Waals surface area contributed by atoms with Gasteiger partial charge in [0.25, 0.3) is 15.6 Å². The van der Waals surface area contributed by atoms with Crippen molar-refractivity contribution in [3.8, 4) is 5.69 Å². The first kappa shape index (κ1) is 20.9. The molecular weight excluding hydrogens is 416 g/mol. The Morgan fingerprint density at radius 3 is 2.13 bits per heavy atom. The van der Waals surface area contributed by atoms with E-state index >= 15 is 0 Å². The van der Waals surface area contributed by atoms with E-state index in [-0.39, 0.29) is 21.7 Å². The van der Waals surface area contributed by atoms with Crippen molar-refractivity contribution in [2.75, 3.05) is 18.9 Å². The highest BCUT2D eigenvalue weighted by Gasteiger charge is 2.21. The summed E-state index contributed by atoms with van der Waals surface area (Å²) in [5.41, 5.74) is -0.292. The number of aromatic nitrogens is 1. The van der Waals surface area contributed by atoms with Crippen LogP contribution >= 0.6 is 0 Å². The van der Waals surface area contributed by atoms with Gasteiger partial charge >= 0.3 is 11.9 Å². The number of nitrogens with one attached hydrogen (secondary N) is 1. The first-order valence-corrected chi connectivity index (χ1v) is 9.85. The molecule has 0 bridgehead atoms. The largest absolute Gasteiger partial charge is 0.465 e. The fourth-order valence-corrected chi connectivity index (χ4v) is 3.71. The summed E-state index contributed by atoms with van der Waals surface area (Å²) in [6, 6.07) is 10.4. The monoisotopic (exact) mass is 432 g/mol. The van der Waals surface area contributed by atoms with Crippen LogP contribution in [0.5, 0.6) is 0 Å². The van der Waals surface area contributed by atoms with E-state index in [1.54, 1.807) is 6.07 Å². The SMILES string of the molecule is COC(=O)c1cc(C(=O)OC)cc(S(=O)(=O)Nc2cccc(-n3occc3=O)c2)c1. The molecule has 0 aliphatic carbocycles. The number of carbonyl (C=O) groups excluding carboxylic acids is 2. The zero-order chi connectivity index (χ0) is 21.9. The van der Waals surface area contributed by atoms with E-state index in [0.717, 1.165) is 31.1 Å². The zero-order valence-corrected chi connectivity index (χ0v) is 16.6. The fraction of sp³-hybridized carbons (Fsp3) is 0.105. The number of ether oxygens (including phenoxy) is 2. The lowest BCUT2D eigenvalue weighted by atomic mass is 10.1. The summed E-state index contributed by atoms with van der Waals surface area (Å²) in [6.45, 7) is 0. The van der Waals surface area contributed by atoms with Crippen molar-refractivity contribution in [3.05, 3.63) is 76.3 Å². The van der Waals surface area contributed by atoms with Gasteiger partial charge < -0.3 is 14.0 Å². The van der Waals surface area contributed by atoms with Crippen molar-refractivity contribution in [3.63, 3.8) is 0 Å². The average Bonchev–Trinajstić information content (AvgIpc) is 3.18. The summed E-state index contributed by atoms with van der Waals surface area (Å²) in [5, 5.41) is 0. The molecule has 1 heterocycles. The van der Waals surface area contributed by atoms with Gasteiger partial charge in [-0.05, 0) is 36.4 Å². The molecule has 11 heteroatoms. The van der Waals surface area contributed by atoms with Crippen molar-refractivity contribution in [2.24, 2.45) is 0 Å². The third-order valence-corrected chi connectivity index (χ3v) is 5.33. The molecule has 0 aliphatic heterocycles. The molecule has 3 rings (SSSR count). The topological polar surface area (TPSA) is 134 Å². The number of carbonyl (C=O) groups is 2. The van der Waals surface area contributed by atoms with Crippen LogP contribution in [0.2, 0.25) is 0 Å². The van der Waals surface area contributed by atoms with Crippen molar-refractivity contribution >= 4 is 27.6 Å². The minimum atomic E-state index is -4.22. The highest BCUT2D eigenvalue weighted by Crippen LogP contribution is 2.22. The van der Waals surface area contributed by atoms with E-state index < -0.39 is 27.5 Å². The quantitative estimate of drug-likeness (QED) is 0.583. The number of rotatable bonds is 6. The minimum Gasteiger partial charge on any atom is -0.465 e. The molecule has 0 atom stereocenters. The number of hydrogen-bond donors (Lipinski definition) is 1. The summed E-state index contributed by atoms with van der Waals surface area (Å²) < 4.78 is 43.4. The molecule has 3 aromatic rings. The molecular formula is C19H16N2O8S. The molecule has 0 unspecified atom stereocenters. The molecule has 0 aliphatic rings. The maximum Gasteiger partial charge on any atom is 0.337 e. The third-order valence-electron chi connectivity index (χ3n) is 3.97. The summed E-state index contributed by atoms with van der Waals surface area (Å²) in [4.78, 5) is 35.2. The van der Waals surface area contributed by atoms with Gasteiger partial charge in [-0.25, -0.2) is 18.0 Å². The van der Waals surface area contributed by atoms with Crippen LogP contribution in [-0.2, 0) is 19.5 Å². The van der Waals surface area contributed by atoms with E-state index in [2.05, 4.69) is 14.2 Å². The van der Waals surface area contributed by atoms with E-state index in [1.807, 2.05) is 0 Å². The van der Waals surface area contributed by atoms with Gasteiger partial charge in [-0.1, -0.05) is 6.07 Å². The Morgan fingerprint density at radius 2 is 1.60 bits per heavy atom. The number of benzene rings is 2. The number of nitrogens with zero attached hydrogens (tertiary/aromatic N) is 1. The molecule has 30 heavy (non-hydrogen) atoms. The Balaban J connectivity index is 2.01. The Hall–Kier alpha value is -3.86. The van der Waals surface area contributed by atoms with Gasteiger partial charge in [0.15, 0.2) is 0 Å². The van der Waals surface area contributed by atoms with E-state index in [0.29, 0.717) is 5.69 Å². The lowest BCUT2D eigenvalue weighted by Gasteiger charge is -2.11. The van der Waals surface area contributed by atoms with Gasteiger partial charge in [-0.3, -0.25) is 9.52 Å². The average molecular weight is 432 g/mol. The van der Waals surface area contributed by atoms with Gasteiger partial charge in [-0.2, -0.15) is 0 Å². The van der Waals surface area contributed by atoms with Crippen LogP contribution in [-0.4, -0.2) is 39.3 Å². The molecule has 2 aromatic carbocycles. The van der Waals surface area contributed by atoms with Gasteiger partial charge in [-0.15, -0.1) is 4.74 Å². The maximum absolute atomic E-state index is 12.9. The Labute approximate surface area is 170 Å².